The number of hydrogen-bond donors (Lipinski definition) is 4. The van der Waals surface area contributed by atoms with Crippen LogP contribution in [0.3, 0.4) is 0 Å². The fourth-order valence-corrected chi connectivity index (χ4v) is 2.84. The highest BCUT2D eigenvalue weighted by Crippen LogP contribution is 2.30. The van der Waals surface area contributed by atoms with E-state index in [9.17, 15) is 9.59 Å². The molecule has 0 saturated heterocycles. The Labute approximate surface area is 141 Å². The normalized spacial score (nSPS) is 20.0. The largest absolute Gasteiger partial charge is 0.370 e. The molecule has 1 heterocycles. The summed E-state index contributed by atoms with van der Waals surface area (Å²) in [5.74, 6) is 0.741. The molecule has 2 rings (SSSR count). The third kappa shape index (κ3) is 5.53. The lowest BCUT2D eigenvalue weighted by molar-refractivity contribution is -0.121. The summed E-state index contributed by atoms with van der Waals surface area (Å²) in [6.07, 6.45) is 5.05. The van der Waals surface area contributed by atoms with Gasteiger partial charge >= 0.3 is 0 Å². The number of pyridine rings is 1. The number of guanidine groups is 1. The second-order valence-electron chi connectivity index (χ2n) is 6.08. The molecule has 0 radical (unpaired) electrons. The van der Waals surface area contributed by atoms with Gasteiger partial charge in [0, 0.05) is 37.3 Å². The van der Waals surface area contributed by atoms with Crippen molar-refractivity contribution in [1.82, 2.24) is 4.98 Å². The second-order valence-corrected chi connectivity index (χ2v) is 6.08. The van der Waals surface area contributed by atoms with Crippen LogP contribution < -0.4 is 22.1 Å². The maximum atomic E-state index is 12.4. The molecule has 0 aliphatic heterocycles. The van der Waals surface area contributed by atoms with Gasteiger partial charge in [0.05, 0.1) is 0 Å². The molecular weight excluding hydrogens is 308 g/mol. The lowest BCUT2D eigenvalue weighted by Gasteiger charge is -2.26. The van der Waals surface area contributed by atoms with Gasteiger partial charge < -0.3 is 22.1 Å². The summed E-state index contributed by atoms with van der Waals surface area (Å²) in [6.45, 7) is 2.04. The highest BCUT2D eigenvalue weighted by molar-refractivity contribution is 5.94. The van der Waals surface area contributed by atoms with Gasteiger partial charge in [-0.3, -0.25) is 14.6 Å². The van der Waals surface area contributed by atoms with Crippen LogP contribution in [0.15, 0.2) is 23.3 Å². The first kappa shape index (κ1) is 17.7. The zero-order valence-corrected chi connectivity index (χ0v) is 13.8. The summed E-state index contributed by atoms with van der Waals surface area (Å²) in [5, 5.41) is 5.49. The summed E-state index contributed by atoms with van der Waals surface area (Å²) in [5.41, 5.74) is 11.3. The number of anilines is 2. The third-order valence-electron chi connectivity index (χ3n) is 4.08. The second kappa shape index (κ2) is 8.28. The van der Waals surface area contributed by atoms with Gasteiger partial charge in [0.1, 0.15) is 5.82 Å². The minimum absolute atomic E-state index is 0.00438. The van der Waals surface area contributed by atoms with Gasteiger partial charge in [0.25, 0.3) is 0 Å². The van der Waals surface area contributed by atoms with Crippen molar-refractivity contribution in [3.63, 3.8) is 0 Å². The van der Waals surface area contributed by atoms with Gasteiger partial charge in [-0.15, -0.1) is 0 Å². The third-order valence-corrected chi connectivity index (χ3v) is 4.08. The van der Waals surface area contributed by atoms with Gasteiger partial charge in [-0.2, -0.15) is 0 Å². The van der Waals surface area contributed by atoms with E-state index in [-0.39, 0.29) is 23.7 Å². The summed E-state index contributed by atoms with van der Waals surface area (Å²) >= 11 is 0. The number of aromatic nitrogens is 1. The molecule has 130 valence electrons. The number of amides is 2. The standard InChI is InChI=1S/C16H24N6O2/c1-10(23)21-14-8-13(6-7-19-14)22-15(24)12-4-2-11(3-5-12)9-20-16(17)18/h6-8,11-12H,2-5,9H2,1H3,(H4,17,18,20)(H2,19,21,22,23,24). The van der Waals surface area contributed by atoms with E-state index in [0.29, 0.717) is 24.0 Å². The van der Waals surface area contributed by atoms with Gasteiger partial charge in [0.15, 0.2) is 5.96 Å². The van der Waals surface area contributed by atoms with Crippen LogP contribution in [0.25, 0.3) is 0 Å². The van der Waals surface area contributed by atoms with Crippen molar-refractivity contribution in [3.8, 4) is 0 Å². The van der Waals surface area contributed by atoms with Crippen molar-refractivity contribution in [2.24, 2.45) is 28.3 Å². The van der Waals surface area contributed by atoms with Crippen LogP contribution in [0.4, 0.5) is 11.5 Å². The van der Waals surface area contributed by atoms with Crippen LogP contribution in [0, 0.1) is 11.8 Å². The Morgan fingerprint density at radius 2 is 1.96 bits per heavy atom. The molecule has 2 amide bonds. The first-order valence-electron chi connectivity index (χ1n) is 8.04. The molecule has 8 heteroatoms. The molecule has 0 aromatic carbocycles. The number of carbonyl (C=O) groups excluding carboxylic acids is 2. The SMILES string of the molecule is CC(=O)Nc1cc(NC(=O)C2CCC(CN=C(N)N)CC2)ccn1. The molecule has 0 unspecified atom stereocenters. The Morgan fingerprint density at radius 3 is 2.58 bits per heavy atom. The molecule has 6 N–H and O–H groups in total. The van der Waals surface area contributed by atoms with Crippen LogP contribution >= 0.6 is 0 Å². The van der Waals surface area contributed by atoms with Gasteiger partial charge in [-0.25, -0.2) is 4.98 Å². The minimum Gasteiger partial charge on any atom is -0.370 e. The van der Waals surface area contributed by atoms with E-state index in [1.54, 1.807) is 18.3 Å². The van der Waals surface area contributed by atoms with E-state index in [4.69, 9.17) is 11.5 Å². The van der Waals surface area contributed by atoms with Gasteiger partial charge in [-0.1, -0.05) is 0 Å². The number of aliphatic imine (C=N–C) groups is 1. The predicted octanol–water partition coefficient (Wildman–Crippen LogP) is 1.06. The summed E-state index contributed by atoms with van der Waals surface area (Å²) in [4.78, 5) is 31.5. The lowest BCUT2D eigenvalue weighted by atomic mass is 9.81. The Morgan fingerprint density at radius 1 is 1.25 bits per heavy atom. The molecule has 8 nitrogen and oxygen atoms in total. The zero-order chi connectivity index (χ0) is 17.5. The molecule has 0 bridgehead atoms. The molecule has 1 saturated carbocycles. The fraction of sp³-hybridized carbons (Fsp3) is 0.500. The van der Waals surface area contributed by atoms with Gasteiger partial charge in [-0.05, 0) is 37.7 Å². The first-order chi connectivity index (χ1) is 11.4. The van der Waals surface area contributed by atoms with Crippen molar-refractivity contribution in [1.29, 1.82) is 0 Å². The lowest BCUT2D eigenvalue weighted by Crippen LogP contribution is -2.29. The first-order valence-corrected chi connectivity index (χ1v) is 8.04. The summed E-state index contributed by atoms with van der Waals surface area (Å²) < 4.78 is 0. The maximum Gasteiger partial charge on any atom is 0.227 e. The van der Waals surface area contributed by atoms with Crippen molar-refractivity contribution in [2.45, 2.75) is 32.6 Å². The molecule has 24 heavy (non-hydrogen) atoms. The molecule has 1 aromatic heterocycles. The number of nitrogens with zero attached hydrogens (tertiary/aromatic N) is 2. The van der Waals surface area contributed by atoms with E-state index in [0.717, 1.165) is 25.7 Å². The maximum absolute atomic E-state index is 12.4. The Hall–Kier alpha value is -2.64. The van der Waals surface area contributed by atoms with Crippen LogP contribution in [0.5, 0.6) is 0 Å². The topological polar surface area (TPSA) is 135 Å². The molecule has 1 aliphatic rings. The Balaban J connectivity index is 1.85. The molecule has 1 fully saturated rings. The molecule has 1 aliphatic carbocycles. The molecule has 1 aromatic rings. The Kier molecular flexibility index (Phi) is 6.11. The smallest absolute Gasteiger partial charge is 0.227 e. The van der Waals surface area contributed by atoms with Crippen molar-refractivity contribution < 1.29 is 9.59 Å². The van der Waals surface area contributed by atoms with Crippen molar-refractivity contribution >= 4 is 29.3 Å². The van der Waals surface area contributed by atoms with Crippen LogP contribution in [0.1, 0.15) is 32.6 Å². The number of rotatable bonds is 5. The average Bonchev–Trinajstić information content (AvgIpc) is 2.53. The predicted molar refractivity (Wildman–Crippen MR) is 93.3 cm³/mol. The fourth-order valence-electron chi connectivity index (χ4n) is 2.84. The minimum atomic E-state index is -0.204. The van der Waals surface area contributed by atoms with E-state index in [2.05, 4.69) is 20.6 Å². The highest BCUT2D eigenvalue weighted by Gasteiger charge is 2.26. The monoisotopic (exact) mass is 332 g/mol. The van der Waals surface area contributed by atoms with E-state index < -0.39 is 0 Å². The van der Waals surface area contributed by atoms with Crippen molar-refractivity contribution in [2.75, 3.05) is 17.2 Å². The van der Waals surface area contributed by atoms with Crippen LogP contribution in [-0.4, -0.2) is 29.3 Å². The van der Waals surface area contributed by atoms with Crippen LogP contribution in [0.2, 0.25) is 0 Å². The zero-order valence-electron chi connectivity index (χ0n) is 13.8. The average molecular weight is 332 g/mol. The number of nitrogens with one attached hydrogen (secondary N) is 2. The van der Waals surface area contributed by atoms with Crippen molar-refractivity contribution in [3.05, 3.63) is 18.3 Å². The van der Waals surface area contributed by atoms with E-state index in [1.165, 1.54) is 6.92 Å². The number of carbonyl (C=O) groups is 2. The summed E-state index contributed by atoms with van der Waals surface area (Å²) in [7, 11) is 0. The number of hydrogen-bond acceptors (Lipinski definition) is 4. The van der Waals surface area contributed by atoms with Gasteiger partial charge in [0.2, 0.25) is 11.8 Å². The van der Waals surface area contributed by atoms with E-state index in [1.807, 2.05) is 0 Å². The quantitative estimate of drug-likeness (QED) is 0.472. The molecular formula is C16H24N6O2. The molecule has 0 atom stereocenters. The highest BCUT2D eigenvalue weighted by atomic mass is 16.2. The Bertz CT molecular complexity index is 619. The van der Waals surface area contributed by atoms with Crippen LogP contribution in [-0.2, 0) is 9.59 Å². The van der Waals surface area contributed by atoms with E-state index >= 15 is 0 Å². The summed E-state index contributed by atoms with van der Waals surface area (Å²) in [6, 6.07) is 3.34. The number of nitrogens with two attached hydrogens (primary N) is 2. The molecule has 0 spiro atoms.